The van der Waals surface area contributed by atoms with Crippen LogP contribution in [0.25, 0.3) is 11.4 Å². The van der Waals surface area contributed by atoms with E-state index < -0.39 is 29.2 Å². The molecular weight excluding hydrogens is 482 g/mol. The highest BCUT2D eigenvalue weighted by atomic mass is 19.1. The number of rotatable bonds is 2. The molecule has 1 unspecified atom stereocenters. The lowest BCUT2D eigenvalue weighted by molar-refractivity contribution is -0.216. The number of primary amides is 1. The summed E-state index contributed by atoms with van der Waals surface area (Å²) < 4.78 is 31.1. The summed E-state index contributed by atoms with van der Waals surface area (Å²) in [6, 6.07) is 4.31. The van der Waals surface area contributed by atoms with E-state index in [1.165, 1.54) is 12.1 Å². The van der Waals surface area contributed by atoms with Gasteiger partial charge in [-0.2, -0.15) is 4.89 Å². The van der Waals surface area contributed by atoms with E-state index in [0.717, 1.165) is 24.6 Å². The van der Waals surface area contributed by atoms with Crippen molar-refractivity contribution in [3.63, 3.8) is 0 Å². The number of hydrogen-bond acceptors (Lipinski definition) is 6. The molecule has 188 valence electrons. The van der Waals surface area contributed by atoms with Crippen LogP contribution in [0.15, 0.2) is 24.4 Å². The van der Waals surface area contributed by atoms with Crippen LogP contribution < -0.4 is 10.6 Å². The van der Waals surface area contributed by atoms with Gasteiger partial charge in [0, 0.05) is 11.6 Å². The number of aliphatic hydroxyl groups is 1. The van der Waals surface area contributed by atoms with Gasteiger partial charge in [-0.15, -0.1) is 0 Å². The van der Waals surface area contributed by atoms with Crippen LogP contribution in [0, 0.1) is 23.5 Å². The summed E-state index contributed by atoms with van der Waals surface area (Å²) in [7, 11) is 0. The Morgan fingerprint density at radius 3 is 2.73 bits per heavy atom. The van der Waals surface area contributed by atoms with E-state index >= 15 is 4.39 Å². The lowest BCUT2D eigenvalue weighted by atomic mass is 9.75. The molecule has 3 aliphatic heterocycles. The van der Waals surface area contributed by atoms with Gasteiger partial charge in [0.1, 0.15) is 23.1 Å². The van der Waals surface area contributed by atoms with Crippen molar-refractivity contribution < 1.29 is 28.5 Å². The molecule has 2 aliphatic carbocycles. The minimum atomic E-state index is -1.11. The summed E-state index contributed by atoms with van der Waals surface area (Å²) in [5.74, 6) is 4.53. The highest BCUT2D eigenvalue weighted by molar-refractivity contribution is 5.93. The van der Waals surface area contributed by atoms with Gasteiger partial charge in [-0.3, -0.25) is 4.79 Å². The molecule has 1 amide bonds. The monoisotopic (exact) mass is 504 g/mol. The second kappa shape index (κ2) is 7.84. The second-order valence-electron chi connectivity index (χ2n) is 10.2. The molecule has 8 nitrogen and oxygen atoms in total. The third-order valence-electron chi connectivity index (χ3n) is 7.94. The Balaban J connectivity index is 1.41. The lowest BCUT2D eigenvalue weighted by Crippen LogP contribution is -2.27. The molecular formula is C27H22F2N4O4. The number of pyridine rings is 1. The zero-order chi connectivity index (χ0) is 25.5. The Kier molecular flexibility index (Phi) is 4.75. The van der Waals surface area contributed by atoms with Gasteiger partial charge in [-0.25, -0.2) is 18.7 Å². The molecule has 5 aliphatic rings. The van der Waals surface area contributed by atoms with Gasteiger partial charge >= 0.3 is 0 Å². The number of imidazole rings is 1. The zero-order valence-electron chi connectivity index (χ0n) is 19.6. The van der Waals surface area contributed by atoms with Crippen molar-refractivity contribution in [3.05, 3.63) is 64.1 Å². The number of nitrogens with zero attached hydrogens (tertiary/aromatic N) is 3. The van der Waals surface area contributed by atoms with Gasteiger partial charge < -0.3 is 20.3 Å². The Morgan fingerprint density at radius 2 is 1.97 bits per heavy atom. The summed E-state index contributed by atoms with van der Waals surface area (Å²) in [5.41, 5.74) is 6.83. The molecule has 0 spiro atoms. The molecule has 1 atom stereocenters. The molecule has 10 heteroatoms. The quantitative estimate of drug-likeness (QED) is 0.405. The molecule has 1 aromatic carbocycles. The topological polar surface area (TPSA) is 112 Å². The van der Waals surface area contributed by atoms with Crippen molar-refractivity contribution in [1.82, 2.24) is 14.5 Å². The van der Waals surface area contributed by atoms with Gasteiger partial charge in [0.15, 0.2) is 11.8 Å². The van der Waals surface area contributed by atoms with Gasteiger partial charge in [-0.1, -0.05) is 11.8 Å². The summed E-state index contributed by atoms with van der Waals surface area (Å²) in [5, 5.41) is 10.6. The van der Waals surface area contributed by atoms with E-state index in [-0.39, 0.29) is 29.1 Å². The van der Waals surface area contributed by atoms with Crippen LogP contribution in [0.1, 0.15) is 89.5 Å². The fraction of sp³-hybridized carbons (Fsp3) is 0.370. The lowest BCUT2D eigenvalue weighted by Gasteiger charge is -2.35. The van der Waals surface area contributed by atoms with Crippen LogP contribution in [0.5, 0.6) is 5.88 Å². The van der Waals surface area contributed by atoms with Crippen molar-refractivity contribution in [2.45, 2.75) is 62.2 Å². The maximum atomic E-state index is 15.2. The molecule has 3 N–H and O–H groups in total. The first-order valence-corrected chi connectivity index (χ1v) is 12.3. The third-order valence-corrected chi connectivity index (χ3v) is 7.94. The molecule has 2 fully saturated rings. The normalized spacial score (nSPS) is 24.0. The Bertz CT molecular complexity index is 1540. The molecule has 2 bridgehead atoms. The Hall–Kier alpha value is -3.81. The Morgan fingerprint density at radius 1 is 1.19 bits per heavy atom. The summed E-state index contributed by atoms with van der Waals surface area (Å²) in [6.45, 7) is 0. The van der Waals surface area contributed by atoms with Crippen LogP contribution in [0.2, 0.25) is 0 Å². The number of benzene rings is 1. The van der Waals surface area contributed by atoms with Crippen LogP contribution in [0.4, 0.5) is 8.78 Å². The van der Waals surface area contributed by atoms with Gasteiger partial charge in [0.05, 0.1) is 23.0 Å². The van der Waals surface area contributed by atoms with E-state index in [9.17, 15) is 14.3 Å². The molecule has 0 radical (unpaired) electrons. The van der Waals surface area contributed by atoms with Gasteiger partial charge in [0.2, 0.25) is 0 Å². The number of halogens is 2. The van der Waals surface area contributed by atoms with Crippen molar-refractivity contribution in [2.24, 2.45) is 5.73 Å². The van der Waals surface area contributed by atoms with Crippen molar-refractivity contribution in [3.8, 4) is 29.1 Å². The highest BCUT2D eigenvalue weighted by Gasteiger charge is 2.45. The van der Waals surface area contributed by atoms with E-state index in [0.29, 0.717) is 48.3 Å². The zero-order valence-corrected chi connectivity index (χ0v) is 19.6. The summed E-state index contributed by atoms with van der Waals surface area (Å²) in [4.78, 5) is 31.8. The molecule has 37 heavy (non-hydrogen) atoms. The number of fused-ring (bicyclic) bond motifs is 1. The molecule has 2 saturated carbocycles. The van der Waals surface area contributed by atoms with Crippen LogP contribution >= 0.6 is 0 Å². The van der Waals surface area contributed by atoms with Crippen LogP contribution in [-0.2, 0) is 4.89 Å². The van der Waals surface area contributed by atoms with E-state index in [1.807, 2.05) is 4.57 Å². The number of carbonyl (C=O) groups excluding carboxylic acids is 1. The van der Waals surface area contributed by atoms with Crippen LogP contribution in [0.3, 0.4) is 0 Å². The first kappa shape index (κ1) is 22.4. The average molecular weight is 504 g/mol. The number of nitrogens with two attached hydrogens (primary N) is 1. The predicted octanol–water partition coefficient (Wildman–Crippen LogP) is 3.82. The molecule has 0 saturated heterocycles. The first-order valence-electron chi connectivity index (χ1n) is 12.3. The fourth-order valence-electron chi connectivity index (χ4n) is 6.01. The standard InChI is InChI=1S/C27H22F2N4O4/c28-15-10-19-23(36-37-26(19)31-12-15)22-21(24(30)34)32-25-18-9-13(3-6-27(35)4-1-2-5-27)20(29)11-17(18)14-7-16(8-14)33(22)25/h9-12,14,16,23,35H,1-2,4-5,7-8H2,(H2,30,34). The van der Waals surface area contributed by atoms with Crippen LogP contribution in [-0.4, -0.2) is 31.1 Å². The van der Waals surface area contributed by atoms with Gasteiger partial charge in [0.25, 0.3) is 11.8 Å². The van der Waals surface area contributed by atoms with Gasteiger partial charge in [-0.05, 0) is 68.2 Å². The summed E-state index contributed by atoms with van der Waals surface area (Å²) in [6.07, 6.45) is 4.33. The average Bonchev–Trinajstić information content (AvgIpc) is 3.51. The smallest absolute Gasteiger partial charge is 0.269 e. The summed E-state index contributed by atoms with van der Waals surface area (Å²) >= 11 is 0. The highest BCUT2D eigenvalue weighted by Crippen LogP contribution is 2.55. The SMILES string of the molecule is NC(=O)c1nc2n(c1C1OOc3ncc(F)cc31)C1CC(C1)c1cc(F)c(C#CC3(O)CCCC3)cc1-2. The van der Waals surface area contributed by atoms with Crippen molar-refractivity contribution in [2.75, 3.05) is 0 Å². The largest absolute Gasteiger partial charge is 0.378 e. The second-order valence-corrected chi connectivity index (χ2v) is 10.2. The molecule has 5 heterocycles. The third kappa shape index (κ3) is 3.38. The van der Waals surface area contributed by atoms with E-state index in [2.05, 4.69) is 21.8 Å². The van der Waals surface area contributed by atoms with E-state index in [1.54, 1.807) is 6.07 Å². The fourth-order valence-corrected chi connectivity index (χ4v) is 6.01. The first-order chi connectivity index (χ1) is 17.8. The predicted molar refractivity (Wildman–Crippen MR) is 125 cm³/mol. The molecule has 2 aromatic heterocycles. The number of aromatic nitrogens is 3. The van der Waals surface area contributed by atoms with Crippen molar-refractivity contribution >= 4 is 5.91 Å². The maximum Gasteiger partial charge on any atom is 0.269 e. The minimum Gasteiger partial charge on any atom is -0.378 e. The minimum absolute atomic E-state index is 0.0331. The number of amides is 1. The number of hydrogen-bond donors (Lipinski definition) is 2. The Labute approximate surface area is 210 Å². The number of carbonyl (C=O) groups is 1. The molecule has 8 rings (SSSR count). The van der Waals surface area contributed by atoms with Crippen molar-refractivity contribution in [1.29, 1.82) is 0 Å². The van der Waals surface area contributed by atoms with E-state index in [4.69, 9.17) is 15.5 Å². The maximum absolute atomic E-state index is 15.2. The molecule has 3 aromatic rings.